The molecule has 5 nitrogen and oxygen atoms in total. The number of hydrogen-bond acceptors (Lipinski definition) is 3. The summed E-state index contributed by atoms with van der Waals surface area (Å²) in [6.45, 7) is 1.53. The molecular weight excluding hydrogens is 374 g/mol. The van der Waals surface area contributed by atoms with E-state index in [2.05, 4.69) is 45.2 Å². The summed E-state index contributed by atoms with van der Waals surface area (Å²) in [4.78, 5) is 17.0. The lowest BCUT2D eigenvalue weighted by Crippen LogP contribution is -2.28. The van der Waals surface area contributed by atoms with Crippen LogP contribution in [-0.2, 0) is 17.9 Å². The van der Waals surface area contributed by atoms with Crippen LogP contribution in [0.25, 0.3) is 17.1 Å². The molecule has 4 aromatic rings. The Balaban J connectivity index is 1.21. The zero-order valence-electron chi connectivity index (χ0n) is 16.4. The minimum absolute atomic E-state index is 0.0986. The fraction of sp³-hybridized carbons (Fsp3) is 0.120. The number of hydrogen-bond donors (Lipinski definition) is 1. The molecule has 1 amide bonds. The van der Waals surface area contributed by atoms with Crippen LogP contribution in [0.15, 0.2) is 84.7 Å². The number of imidazole rings is 1. The van der Waals surface area contributed by atoms with Gasteiger partial charge in [0.15, 0.2) is 0 Å². The lowest BCUT2D eigenvalue weighted by molar-refractivity contribution is -0.117. The second-order valence-corrected chi connectivity index (χ2v) is 7.36. The van der Waals surface area contributed by atoms with Crippen molar-refractivity contribution in [1.82, 2.24) is 14.9 Å². The van der Waals surface area contributed by atoms with E-state index in [-0.39, 0.29) is 5.91 Å². The molecule has 0 unspecified atom stereocenters. The Morgan fingerprint density at radius 2 is 1.73 bits per heavy atom. The maximum atomic E-state index is 12.5. The molecule has 0 radical (unpaired) electrons. The molecule has 1 aromatic heterocycles. The third kappa shape index (κ3) is 3.70. The van der Waals surface area contributed by atoms with Crippen molar-refractivity contribution in [3.63, 3.8) is 0 Å². The van der Waals surface area contributed by atoms with Crippen LogP contribution in [0.3, 0.4) is 0 Å². The Bertz CT molecular complexity index is 1240. The van der Waals surface area contributed by atoms with Gasteiger partial charge < -0.3 is 14.6 Å². The number of amides is 1. The Morgan fingerprint density at radius 1 is 0.967 bits per heavy atom. The van der Waals surface area contributed by atoms with E-state index in [4.69, 9.17) is 4.74 Å². The van der Waals surface area contributed by atoms with E-state index in [1.54, 1.807) is 0 Å². The first-order chi connectivity index (χ1) is 14.8. The molecule has 5 rings (SSSR count). The van der Waals surface area contributed by atoms with Crippen molar-refractivity contribution < 1.29 is 9.53 Å². The minimum Gasteiger partial charge on any atom is -0.488 e. The lowest BCUT2D eigenvalue weighted by atomic mass is 10.1. The Morgan fingerprint density at radius 3 is 2.63 bits per heavy atom. The van der Waals surface area contributed by atoms with Gasteiger partial charge in [0.1, 0.15) is 12.4 Å². The maximum Gasteiger partial charge on any atom is 0.250 e. The first-order valence-electron chi connectivity index (χ1n) is 9.94. The van der Waals surface area contributed by atoms with Gasteiger partial charge >= 0.3 is 0 Å². The van der Waals surface area contributed by atoms with Crippen molar-refractivity contribution in [3.8, 4) is 5.75 Å². The molecule has 0 saturated heterocycles. The van der Waals surface area contributed by atoms with Gasteiger partial charge in [-0.15, -0.1) is 0 Å². The molecule has 0 saturated carbocycles. The monoisotopic (exact) mass is 395 g/mol. The molecule has 0 aliphatic carbocycles. The van der Waals surface area contributed by atoms with E-state index < -0.39 is 0 Å². The summed E-state index contributed by atoms with van der Waals surface area (Å²) in [5, 5.41) is 2.99. The molecule has 0 atom stereocenters. The van der Waals surface area contributed by atoms with Gasteiger partial charge in [-0.3, -0.25) is 4.79 Å². The highest BCUT2D eigenvalue weighted by Crippen LogP contribution is 2.25. The van der Waals surface area contributed by atoms with Crippen LogP contribution in [0.4, 0.5) is 0 Å². The van der Waals surface area contributed by atoms with Crippen molar-refractivity contribution in [2.45, 2.75) is 13.1 Å². The van der Waals surface area contributed by atoms with E-state index in [1.165, 1.54) is 5.56 Å². The van der Waals surface area contributed by atoms with Gasteiger partial charge in [-0.1, -0.05) is 54.6 Å². The van der Waals surface area contributed by atoms with Gasteiger partial charge in [-0.25, -0.2) is 4.98 Å². The molecule has 2 heterocycles. The summed E-state index contributed by atoms with van der Waals surface area (Å²) >= 11 is 0. The fourth-order valence-electron chi connectivity index (χ4n) is 3.64. The molecule has 30 heavy (non-hydrogen) atoms. The molecule has 3 aromatic carbocycles. The summed E-state index contributed by atoms with van der Waals surface area (Å²) in [6, 6.07) is 24.1. The molecule has 0 fully saturated rings. The SMILES string of the molecule is O=C(NCc1ccc(Cn2cnc3ccccc32)cc1)C1=Cc2ccccc2OC1. The number of rotatable bonds is 5. The van der Waals surface area contributed by atoms with E-state index in [0.29, 0.717) is 18.7 Å². The molecule has 1 N–H and O–H groups in total. The molecule has 1 aliphatic rings. The average molecular weight is 395 g/mol. The highest BCUT2D eigenvalue weighted by atomic mass is 16.5. The predicted molar refractivity (Wildman–Crippen MR) is 117 cm³/mol. The van der Waals surface area contributed by atoms with Gasteiger partial charge in [0.2, 0.25) is 0 Å². The number of nitrogens with zero attached hydrogens (tertiary/aromatic N) is 2. The number of aromatic nitrogens is 2. The molecular formula is C25H21N3O2. The Labute approximate surface area is 174 Å². The highest BCUT2D eigenvalue weighted by molar-refractivity contribution is 5.99. The van der Waals surface area contributed by atoms with Gasteiger partial charge in [0, 0.05) is 18.7 Å². The van der Waals surface area contributed by atoms with E-state index in [9.17, 15) is 4.79 Å². The molecule has 0 bridgehead atoms. The van der Waals surface area contributed by atoms with Gasteiger partial charge in [-0.05, 0) is 35.4 Å². The normalized spacial score (nSPS) is 12.7. The van der Waals surface area contributed by atoms with Crippen molar-refractivity contribution in [1.29, 1.82) is 0 Å². The Hall–Kier alpha value is -3.86. The van der Waals surface area contributed by atoms with Crippen LogP contribution >= 0.6 is 0 Å². The zero-order valence-corrected chi connectivity index (χ0v) is 16.4. The number of carbonyl (C=O) groups is 1. The first-order valence-corrected chi connectivity index (χ1v) is 9.94. The van der Waals surface area contributed by atoms with Gasteiger partial charge in [0.25, 0.3) is 5.91 Å². The number of carbonyl (C=O) groups excluding carboxylic acids is 1. The van der Waals surface area contributed by atoms with Crippen molar-refractivity contribution in [2.24, 2.45) is 0 Å². The van der Waals surface area contributed by atoms with Crippen LogP contribution in [0, 0.1) is 0 Å². The van der Waals surface area contributed by atoms with E-state index in [1.807, 2.05) is 54.9 Å². The number of para-hydroxylation sites is 3. The summed E-state index contributed by atoms with van der Waals surface area (Å²) < 4.78 is 7.81. The largest absolute Gasteiger partial charge is 0.488 e. The summed E-state index contributed by atoms with van der Waals surface area (Å²) in [7, 11) is 0. The van der Waals surface area contributed by atoms with Crippen LogP contribution < -0.4 is 10.1 Å². The fourth-order valence-corrected chi connectivity index (χ4v) is 3.64. The topological polar surface area (TPSA) is 56.2 Å². The van der Waals surface area contributed by atoms with E-state index >= 15 is 0 Å². The maximum absolute atomic E-state index is 12.5. The number of nitrogens with one attached hydrogen (secondary N) is 1. The number of benzene rings is 3. The quantitative estimate of drug-likeness (QED) is 0.552. The molecule has 1 aliphatic heterocycles. The zero-order chi connectivity index (χ0) is 20.3. The molecule has 5 heteroatoms. The average Bonchev–Trinajstić information content (AvgIpc) is 3.21. The van der Waals surface area contributed by atoms with Crippen molar-refractivity contribution in [3.05, 3.63) is 101 Å². The minimum atomic E-state index is -0.0986. The van der Waals surface area contributed by atoms with Crippen LogP contribution in [-0.4, -0.2) is 22.1 Å². The van der Waals surface area contributed by atoms with Gasteiger partial charge in [-0.2, -0.15) is 0 Å². The summed E-state index contributed by atoms with van der Waals surface area (Å²) in [6.07, 6.45) is 3.77. The van der Waals surface area contributed by atoms with E-state index in [0.717, 1.165) is 34.5 Å². The number of ether oxygens (including phenoxy) is 1. The standard InChI is InChI=1S/C25H21N3O2/c29-25(21-13-20-5-1-4-8-24(20)30-16-21)26-14-18-9-11-19(12-10-18)15-28-17-27-22-6-2-3-7-23(22)28/h1-13,17H,14-16H2,(H,26,29). The number of fused-ring (bicyclic) bond motifs is 2. The lowest BCUT2D eigenvalue weighted by Gasteiger charge is -2.17. The van der Waals surface area contributed by atoms with Crippen LogP contribution in [0.1, 0.15) is 16.7 Å². The Kier molecular flexibility index (Phi) is 4.77. The van der Waals surface area contributed by atoms with Crippen LogP contribution in [0.2, 0.25) is 0 Å². The first kappa shape index (κ1) is 18.2. The van der Waals surface area contributed by atoms with Crippen molar-refractivity contribution >= 4 is 23.0 Å². The van der Waals surface area contributed by atoms with Gasteiger partial charge in [0.05, 0.1) is 22.9 Å². The molecule has 0 spiro atoms. The second kappa shape index (κ2) is 7.87. The summed E-state index contributed by atoms with van der Waals surface area (Å²) in [5.41, 5.74) is 5.94. The smallest absolute Gasteiger partial charge is 0.250 e. The summed E-state index contributed by atoms with van der Waals surface area (Å²) in [5.74, 6) is 0.716. The molecule has 148 valence electrons. The van der Waals surface area contributed by atoms with Crippen LogP contribution in [0.5, 0.6) is 5.75 Å². The third-order valence-electron chi connectivity index (χ3n) is 5.28. The third-order valence-corrected chi connectivity index (χ3v) is 5.28. The highest BCUT2D eigenvalue weighted by Gasteiger charge is 2.16. The predicted octanol–water partition coefficient (Wildman–Crippen LogP) is 4.18. The second-order valence-electron chi connectivity index (χ2n) is 7.36. The van der Waals surface area contributed by atoms with Crippen molar-refractivity contribution in [2.75, 3.05) is 6.61 Å².